The van der Waals surface area contributed by atoms with Crippen LogP contribution in [0, 0.1) is 5.41 Å². The molecule has 0 spiro atoms. The fourth-order valence-corrected chi connectivity index (χ4v) is 2.23. The molecule has 0 aliphatic heterocycles. The van der Waals surface area contributed by atoms with Crippen molar-refractivity contribution < 1.29 is 14.6 Å². The number of aliphatic hydroxyl groups is 1. The molecule has 114 valence electrons. The van der Waals surface area contributed by atoms with Crippen LogP contribution in [-0.4, -0.2) is 24.4 Å². The minimum absolute atomic E-state index is 0.146. The van der Waals surface area contributed by atoms with Crippen LogP contribution in [0.4, 0.5) is 0 Å². The summed E-state index contributed by atoms with van der Waals surface area (Å²) in [6.07, 6.45) is -0.0135. The molecule has 0 radical (unpaired) electrons. The highest BCUT2D eigenvalue weighted by Gasteiger charge is 2.34. The minimum Gasteiger partial charge on any atom is -0.493 e. The molecule has 0 fully saturated rings. The predicted molar refractivity (Wildman–Crippen MR) is 82.1 cm³/mol. The average molecular weight is 280 g/mol. The van der Waals surface area contributed by atoms with Crippen molar-refractivity contribution in [3.8, 4) is 5.75 Å². The number of ether oxygens (including phenoxy) is 2. The number of benzene rings is 1. The molecule has 0 aliphatic rings. The van der Waals surface area contributed by atoms with Gasteiger partial charge in [-0.25, -0.2) is 0 Å². The van der Waals surface area contributed by atoms with Crippen LogP contribution in [0.25, 0.3) is 0 Å². The largest absolute Gasteiger partial charge is 0.493 e. The van der Waals surface area contributed by atoms with Crippen LogP contribution in [0.1, 0.15) is 52.7 Å². The van der Waals surface area contributed by atoms with Gasteiger partial charge in [0.2, 0.25) is 0 Å². The molecule has 20 heavy (non-hydrogen) atoms. The summed E-state index contributed by atoms with van der Waals surface area (Å²) in [5.74, 6) is 0.746. The Morgan fingerprint density at radius 2 is 1.80 bits per heavy atom. The highest BCUT2D eigenvalue weighted by Crippen LogP contribution is 2.36. The van der Waals surface area contributed by atoms with E-state index in [0.29, 0.717) is 13.2 Å². The Kier molecular flexibility index (Phi) is 6.50. The fraction of sp³-hybridized carbons (Fsp3) is 0.647. The third kappa shape index (κ3) is 4.50. The van der Waals surface area contributed by atoms with Gasteiger partial charge in [-0.15, -0.1) is 0 Å². The molecular weight excluding hydrogens is 252 g/mol. The summed E-state index contributed by atoms with van der Waals surface area (Å²) in [6.45, 7) is 11.5. The summed E-state index contributed by atoms with van der Waals surface area (Å²) in [4.78, 5) is 0. The standard InChI is InChI=1S/C17H28O3/c1-6-12-20-14-11-9-8-10-13(14)15(18)16(19-7-2)17(3,4)5/h8-11,15-16,18H,6-7,12H2,1-5H3. The molecule has 3 heteroatoms. The number of rotatable bonds is 7. The zero-order chi connectivity index (χ0) is 15.2. The maximum absolute atomic E-state index is 10.7. The summed E-state index contributed by atoms with van der Waals surface area (Å²) in [5.41, 5.74) is 0.655. The first-order valence-electron chi connectivity index (χ1n) is 7.43. The molecule has 0 amide bonds. The van der Waals surface area contributed by atoms with Crippen molar-refractivity contribution in [1.29, 1.82) is 0 Å². The van der Waals surface area contributed by atoms with E-state index in [1.807, 2.05) is 31.2 Å². The van der Waals surface area contributed by atoms with Crippen molar-refractivity contribution >= 4 is 0 Å². The smallest absolute Gasteiger partial charge is 0.125 e. The molecule has 1 aromatic carbocycles. The second kappa shape index (κ2) is 7.65. The highest BCUT2D eigenvalue weighted by atomic mass is 16.5. The second-order valence-electron chi connectivity index (χ2n) is 6.07. The Morgan fingerprint density at radius 1 is 1.15 bits per heavy atom. The molecule has 1 aromatic rings. The number of hydrogen-bond acceptors (Lipinski definition) is 3. The molecule has 0 heterocycles. The summed E-state index contributed by atoms with van der Waals surface area (Å²) >= 11 is 0. The van der Waals surface area contributed by atoms with Crippen LogP contribution in [0.3, 0.4) is 0 Å². The van der Waals surface area contributed by atoms with Crippen LogP contribution < -0.4 is 4.74 Å². The van der Waals surface area contributed by atoms with E-state index >= 15 is 0 Å². The van der Waals surface area contributed by atoms with Gasteiger partial charge in [0, 0.05) is 12.2 Å². The fourth-order valence-electron chi connectivity index (χ4n) is 2.23. The Hall–Kier alpha value is -1.06. The minimum atomic E-state index is -0.692. The van der Waals surface area contributed by atoms with Crippen LogP contribution in [0.2, 0.25) is 0 Å². The molecule has 3 nitrogen and oxygen atoms in total. The average Bonchev–Trinajstić information content (AvgIpc) is 2.41. The third-order valence-electron chi connectivity index (χ3n) is 3.19. The van der Waals surface area contributed by atoms with E-state index in [-0.39, 0.29) is 11.5 Å². The van der Waals surface area contributed by atoms with Crippen molar-refractivity contribution in [1.82, 2.24) is 0 Å². The van der Waals surface area contributed by atoms with E-state index in [0.717, 1.165) is 17.7 Å². The van der Waals surface area contributed by atoms with Gasteiger partial charge in [0.05, 0.1) is 12.7 Å². The van der Waals surface area contributed by atoms with E-state index < -0.39 is 6.10 Å². The molecule has 0 aliphatic carbocycles. The zero-order valence-electron chi connectivity index (χ0n) is 13.3. The van der Waals surface area contributed by atoms with Gasteiger partial charge in [0.15, 0.2) is 0 Å². The Bertz CT molecular complexity index is 395. The van der Waals surface area contributed by atoms with Gasteiger partial charge < -0.3 is 14.6 Å². The number of hydrogen-bond donors (Lipinski definition) is 1. The molecule has 0 aromatic heterocycles. The molecule has 0 saturated heterocycles. The van der Waals surface area contributed by atoms with E-state index in [1.165, 1.54) is 0 Å². The maximum atomic E-state index is 10.7. The summed E-state index contributed by atoms with van der Waals surface area (Å²) in [6, 6.07) is 7.66. The molecule has 1 N–H and O–H groups in total. The molecule has 1 rings (SSSR count). The van der Waals surface area contributed by atoms with E-state index in [1.54, 1.807) is 0 Å². The van der Waals surface area contributed by atoms with Gasteiger partial charge in [0.25, 0.3) is 0 Å². The van der Waals surface area contributed by atoms with Gasteiger partial charge in [-0.05, 0) is 24.8 Å². The Labute approximate surface area is 122 Å². The topological polar surface area (TPSA) is 38.7 Å². The number of para-hydroxylation sites is 1. The van der Waals surface area contributed by atoms with E-state index in [9.17, 15) is 5.11 Å². The normalized spacial score (nSPS) is 14.9. The highest BCUT2D eigenvalue weighted by molar-refractivity contribution is 5.36. The monoisotopic (exact) mass is 280 g/mol. The van der Waals surface area contributed by atoms with Crippen molar-refractivity contribution in [2.75, 3.05) is 13.2 Å². The summed E-state index contributed by atoms with van der Waals surface area (Å²) in [7, 11) is 0. The Balaban J connectivity index is 3.02. The first-order valence-corrected chi connectivity index (χ1v) is 7.43. The molecular formula is C17H28O3. The lowest BCUT2D eigenvalue weighted by Crippen LogP contribution is -2.35. The van der Waals surface area contributed by atoms with Crippen molar-refractivity contribution in [3.63, 3.8) is 0 Å². The van der Waals surface area contributed by atoms with Gasteiger partial charge in [-0.2, -0.15) is 0 Å². The first kappa shape index (κ1) is 17.0. The van der Waals surface area contributed by atoms with Crippen LogP contribution in [0.15, 0.2) is 24.3 Å². The second-order valence-corrected chi connectivity index (χ2v) is 6.07. The maximum Gasteiger partial charge on any atom is 0.125 e. The lowest BCUT2D eigenvalue weighted by molar-refractivity contribution is -0.0905. The molecule has 0 saturated carbocycles. The lowest BCUT2D eigenvalue weighted by atomic mass is 9.83. The predicted octanol–water partition coefficient (Wildman–Crippen LogP) is 3.96. The third-order valence-corrected chi connectivity index (χ3v) is 3.19. The van der Waals surface area contributed by atoms with E-state index in [4.69, 9.17) is 9.47 Å². The van der Waals surface area contributed by atoms with Crippen LogP contribution >= 0.6 is 0 Å². The van der Waals surface area contributed by atoms with Gasteiger partial charge >= 0.3 is 0 Å². The lowest BCUT2D eigenvalue weighted by Gasteiger charge is -2.34. The van der Waals surface area contributed by atoms with Crippen molar-refractivity contribution in [2.45, 2.75) is 53.2 Å². The summed E-state index contributed by atoms with van der Waals surface area (Å²) < 4.78 is 11.5. The molecule has 0 bridgehead atoms. The van der Waals surface area contributed by atoms with Gasteiger partial charge in [-0.1, -0.05) is 45.9 Å². The number of aliphatic hydroxyl groups excluding tert-OH is 1. The molecule has 2 atom stereocenters. The SMILES string of the molecule is CCCOc1ccccc1C(O)C(OCC)C(C)(C)C. The quantitative estimate of drug-likeness (QED) is 0.821. The van der Waals surface area contributed by atoms with Crippen LogP contribution in [0.5, 0.6) is 5.75 Å². The van der Waals surface area contributed by atoms with E-state index in [2.05, 4.69) is 27.7 Å². The van der Waals surface area contributed by atoms with Crippen molar-refractivity contribution in [3.05, 3.63) is 29.8 Å². The molecule has 2 unspecified atom stereocenters. The van der Waals surface area contributed by atoms with Gasteiger partial charge in [0.1, 0.15) is 11.9 Å². The Morgan fingerprint density at radius 3 is 2.35 bits per heavy atom. The van der Waals surface area contributed by atoms with Gasteiger partial charge in [-0.3, -0.25) is 0 Å². The van der Waals surface area contributed by atoms with Crippen LogP contribution in [-0.2, 0) is 4.74 Å². The first-order chi connectivity index (χ1) is 9.41. The zero-order valence-corrected chi connectivity index (χ0v) is 13.3. The van der Waals surface area contributed by atoms with Crippen molar-refractivity contribution in [2.24, 2.45) is 5.41 Å². The summed E-state index contributed by atoms with van der Waals surface area (Å²) in [5, 5.41) is 10.7.